The molecule has 8 nitrogen and oxygen atoms in total. The van der Waals surface area contributed by atoms with Gasteiger partial charge >= 0.3 is 5.82 Å². The van der Waals surface area contributed by atoms with Crippen molar-refractivity contribution in [2.45, 2.75) is 13.2 Å². The zero-order valence-electron chi connectivity index (χ0n) is 11.4. The first-order chi connectivity index (χ1) is 10.1. The fourth-order valence-electron chi connectivity index (χ4n) is 1.80. The van der Waals surface area contributed by atoms with Crippen LogP contribution in [0.25, 0.3) is 0 Å². The third kappa shape index (κ3) is 3.86. The van der Waals surface area contributed by atoms with E-state index < -0.39 is 4.92 Å². The van der Waals surface area contributed by atoms with Crippen molar-refractivity contribution in [3.8, 4) is 0 Å². The van der Waals surface area contributed by atoms with Gasteiger partial charge in [-0.25, -0.2) is 0 Å². The predicted octanol–water partition coefficient (Wildman–Crippen LogP) is 1.58. The molecule has 1 heterocycles. The molecular formula is C13H14N4O4. The highest BCUT2D eigenvalue weighted by atomic mass is 16.6. The first kappa shape index (κ1) is 14.7. The summed E-state index contributed by atoms with van der Waals surface area (Å²) in [6.07, 6.45) is 1.39. The Bertz CT molecular complexity index is 653. The number of hydrogen-bond acceptors (Lipinski definition) is 5. The maximum absolute atomic E-state index is 11.9. The summed E-state index contributed by atoms with van der Waals surface area (Å²) in [6.45, 7) is 0.277. The van der Waals surface area contributed by atoms with Gasteiger partial charge in [-0.3, -0.25) is 4.79 Å². The molecule has 1 aromatic carbocycles. The predicted molar refractivity (Wildman–Crippen MR) is 74.7 cm³/mol. The second-order valence-corrected chi connectivity index (χ2v) is 4.27. The molecule has 0 saturated heterocycles. The normalized spacial score (nSPS) is 10.3. The first-order valence-electron chi connectivity index (χ1n) is 6.14. The van der Waals surface area contributed by atoms with E-state index in [2.05, 4.69) is 10.4 Å². The SMILES string of the molecule is COCc1ccccc1NC(=O)Cn1ccc([N+](=O)[O-])n1. The molecule has 0 spiro atoms. The van der Waals surface area contributed by atoms with Gasteiger partial charge in [0, 0.05) is 18.4 Å². The summed E-state index contributed by atoms with van der Waals surface area (Å²) < 4.78 is 6.27. The van der Waals surface area contributed by atoms with Crippen molar-refractivity contribution in [2.24, 2.45) is 0 Å². The zero-order valence-corrected chi connectivity index (χ0v) is 11.4. The molecule has 21 heavy (non-hydrogen) atoms. The molecule has 0 radical (unpaired) electrons. The number of hydrogen-bond donors (Lipinski definition) is 1. The van der Waals surface area contributed by atoms with E-state index in [4.69, 9.17) is 4.74 Å². The number of ether oxygens (including phenoxy) is 1. The van der Waals surface area contributed by atoms with Gasteiger partial charge in [-0.15, -0.1) is 0 Å². The Morgan fingerprint density at radius 2 is 2.19 bits per heavy atom. The number of anilines is 1. The van der Waals surface area contributed by atoms with E-state index in [1.807, 2.05) is 12.1 Å². The number of nitrogens with one attached hydrogen (secondary N) is 1. The highest BCUT2D eigenvalue weighted by Gasteiger charge is 2.14. The van der Waals surface area contributed by atoms with Crippen LogP contribution in [0.2, 0.25) is 0 Å². The fraction of sp³-hybridized carbons (Fsp3) is 0.231. The summed E-state index contributed by atoms with van der Waals surface area (Å²) >= 11 is 0. The summed E-state index contributed by atoms with van der Waals surface area (Å²) in [5, 5.41) is 16.9. The molecule has 1 N–H and O–H groups in total. The van der Waals surface area contributed by atoms with Crippen molar-refractivity contribution in [1.82, 2.24) is 9.78 Å². The van der Waals surface area contributed by atoms with Gasteiger partial charge < -0.3 is 20.2 Å². The highest BCUT2D eigenvalue weighted by Crippen LogP contribution is 2.16. The summed E-state index contributed by atoms with van der Waals surface area (Å²) in [5.41, 5.74) is 1.49. The van der Waals surface area contributed by atoms with Crippen molar-refractivity contribution >= 4 is 17.4 Å². The number of para-hydroxylation sites is 1. The Morgan fingerprint density at radius 1 is 1.43 bits per heavy atom. The van der Waals surface area contributed by atoms with Crippen molar-refractivity contribution in [3.05, 3.63) is 52.2 Å². The Balaban J connectivity index is 2.02. The van der Waals surface area contributed by atoms with Gasteiger partial charge in [0.15, 0.2) is 0 Å². The molecule has 2 rings (SSSR count). The number of carbonyl (C=O) groups excluding carboxylic acids is 1. The van der Waals surface area contributed by atoms with E-state index in [-0.39, 0.29) is 18.3 Å². The molecule has 0 fully saturated rings. The van der Waals surface area contributed by atoms with Gasteiger partial charge in [0.1, 0.15) is 6.54 Å². The lowest BCUT2D eigenvalue weighted by Gasteiger charge is -2.09. The van der Waals surface area contributed by atoms with Crippen LogP contribution in [-0.4, -0.2) is 27.7 Å². The second-order valence-electron chi connectivity index (χ2n) is 4.27. The standard InChI is InChI=1S/C13H14N4O4/c1-21-9-10-4-2-3-5-11(10)14-13(18)8-16-7-6-12(15-16)17(19)20/h2-7H,8-9H2,1H3,(H,14,18). The third-order valence-electron chi connectivity index (χ3n) is 2.71. The number of amides is 1. The van der Waals surface area contributed by atoms with Crippen LogP contribution in [0.1, 0.15) is 5.56 Å². The van der Waals surface area contributed by atoms with E-state index >= 15 is 0 Å². The van der Waals surface area contributed by atoms with Gasteiger partial charge in [0.25, 0.3) is 0 Å². The maximum Gasteiger partial charge on any atom is 0.389 e. The number of nitro groups is 1. The summed E-state index contributed by atoms with van der Waals surface area (Å²) in [4.78, 5) is 21.8. The first-order valence-corrected chi connectivity index (χ1v) is 6.14. The van der Waals surface area contributed by atoms with Gasteiger partial charge in [-0.1, -0.05) is 18.2 Å². The van der Waals surface area contributed by atoms with Crippen molar-refractivity contribution < 1.29 is 14.5 Å². The molecule has 0 aliphatic carbocycles. The van der Waals surface area contributed by atoms with E-state index in [1.165, 1.54) is 16.9 Å². The number of aromatic nitrogens is 2. The van der Waals surface area contributed by atoms with Gasteiger partial charge in [-0.2, -0.15) is 4.68 Å². The van der Waals surface area contributed by atoms with Crippen molar-refractivity contribution in [2.75, 3.05) is 12.4 Å². The lowest BCUT2D eigenvalue weighted by atomic mass is 10.2. The van der Waals surface area contributed by atoms with Crippen LogP contribution in [0.15, 0.2) is 36.5 Å². The largest absolute Gasteiger partial charge is 0.389 e. The van der Waals surface area contributed by atoms with E-state index in [1.54, 1.807) is 19.2 Å². The van der Waals surface area contributed by atoms with Crippen LogP contribution in [0.3, 0.4) is 0 Å². The van der Waals surface area contributed by atoms with E-state index in [9.17, 15) is 14.9 Å². The minimum absolute atomic E-state index is 0.102. The quantitative estimate of drug-likeness (QED) is 0.643. The Labute approximate surface area is 120 Å². The molecule has 0 unspecified atom stereocenters. The monoisotopic (exact) mass is 290 g/mol. The van der Waals surface area contributed by atoms with E-state index in [0.29, 0.717) is 12.3 Å². The van der Waals surface area contributed by atoms with Crippen LogP contribution in [0.5, 0.6) is 0 Å². The molecule has 0 atom stereocenters. The van der Waals surface area contributed by atoms with Crippen molar-refractivity contribution in [3.63, 3.8) is 0 Å². The molecule has 0 bridgehead atoms. The molecule has 2 aromatic rings. The molecule has 8 heteroatoms. The third-order valence-corrected chi connectivity index (χ3v) is 2.71. The summed E-state index contributed by atoms with van der Waals surface area (Å²) in [6, 6.07) is 8.50. The smallest absolute Gasteiger partial charge is 0.380 e. The lowest BCUT2D eigenvalue weighted by molar-refractivity contribution is -0.389. The molecular weight excluding hydrogens is 276 g/mol. The number of benzene rings is 1. The molecule has 0 aliphatic rings. The Hall–Kier alpha value is -2.74. The molecule has 1 aromatic heterocycles. The van der Waals surface area contributed by atoms with Crippen LogP contribution in [0.4, 0.5) is 11.5 Å². The lowest BCUT2D eigenvalue weighted by Crippen LogP contribution is -2.20. The second kappa shape index (κ2) is 6.62. The van der Waals surface area contributed by atoms with Gasteiger partial charge in [-0.05, 0) is 11.0 Å². The molecule has 0 saturated carbocycles. The van der Waals surface area contributed by atoms with Crippen LogP contribution >= 0.6 is 0 Å². The van der Waals surface area contributed by atoms with Crippen LogP contribution in [-0.2, 0) is 22.7 Å². The average molecular weight is 290 g/mol. The Kier molecular flexibility index (Phi) is 4.62. The maximum atomic E-state index is 11.9. The summed E-state index contributed by atoms with van der Waals surface area (Å²) in [7, 11) is 1.57. The number of methoxy groups -OCH3 is 1. The zero-order chi connectivity index (χ0) is 15.2. The topological polar surface area (TPSA) is 99.3 Å². The summed E-state index contributed by atoms with van der Waals surface area (Å²) in [5.74, 6) is -0.612. The van der Waals surface area contributed by atoms with Crippen LogP contribution < -0.4 is 5.32 Å². The molecule has 110 valence electrons. The average Bonchev–Trinajstić information content (AvgIpc) is 2.90. The minimum Gasteiger partial charge on any atom is -0.380 e. The van der Waals surface area contributed by atoms with Crippen molar-refractivity contribution in [1.29, 1.82) is 0 Å². The van der Waals surface area contributed by atoms with Gasteiger partial charge in [0.2, 0.25) is 5.91 Å². The highest BCUT2D eigenvalue weighted by molar-refractivity contribution is 5.91. The number of carbonyl (C=O) groups is 1. The van der Waals surface area contributed by atoms with E-state index in [0.717, 1.165) is 5.56 Å². The number of rotatable bonds is 6. The minimum atomic E-state index is -0.609. The number of nitrogens with zero attached hydrogens (tertiary/aromatic N) is 3. The molecule has 1 amide bonds. The Morgan fingerprint density at radius 3 is 2.86 bits per heavy atom. The van der Waals surface area contributed by atoms with Crippen LogP contribution in [0, 0.1) is 10.1 Å². The van der Waals surface area contributed by atoms with Gasteiger partial charge in [0.05, 0.1) is 24.0 Å². The molecule has 0 aliphatic heterocycles. The fourth-order valence-corrected chi connectivity index (χ4v) is 1.80.